The van der Waals surface area contributed by atoms with Gasteiger partial charge in [-0.2, -0.15) is 0 Å². The first-order chi connectivity index (χ1) is 9.93. The lowest BCUT2D eigenvalue weighted by molar-refractivity contribution is 1.13. The van der Waals surface area contributed by atoms with E-state index >= 15 is 0 Å². The Hall–Kier alpha value is -2.12. The predicted octanol–water partition coefficient (Wildman–Crippen LogP) is 3.07. The number of hydrogen-bond acceptors (Lipinski definition) is 0. The van der Waals surface area contributed by atoms with Crippen LogP contribution in [0.2, 0.25) is 0 Å². The van der Waals surface area contributed by atoms with E-state index in [1.165, 1.54) is 16.3 Å². The molecule has 0 fully saturated rings. The molecule has 0 bridgehead atoms. The molecule has 1 heteroatoms. The minimum Gasteiger partial charge on any atom is -0.0659 e. The first-order valence-corrected chi connectivity index (χ1v) is 8.51. The third-order valence-corrected chi connectivity index (χ3v) is 5.92. The highest BCUT2D eigenvalue weighted by Gasteiger charge is 2.14. The lowest BCUT2D eigenvalue weighted by atomic mass is 10.0. The fourth-order valence-corrected chi connectivity index (χ4v) is 4.59. The Bertz CT molecular complexity index is 593. The van der Waals surface area contributed by atoms with Crippen molar-refractivity contribution in [3.8, 4) is 0 Å². The molecule has 0 heterocycles. The van der Waals surface area contributed by atoms with E-state index < -0.39 is 9.52 Å². The molecule has 0 aliphatic rings. The first-order valence-electron chi connectivity index (χ1n) is 6.98. The van der Waals surface area contributed by atoms with Crippen LogP contribution in [0.3, 0.4) is 0 Å². The second-order valence-electron chi connectivity index (χ2n) is 4.99. The second-order valence-corrected chi connectivity index (χ2v) is 7.03. The highest BCUT2D eigenvalue weighted by atomic mass is 28.2. The fourth-order valence-electron chi connectivity index (χ4n) is 2.59. The summed E-state index contributed by atoms with van der Waals surface area (Å²) < 4.78 is 0. The van der Waals surface area contributed by atoms with Crippen LogP contribution in [0, 0.1) is 6.07 Å². The molecule has 0 N–H and O–H groups in total. The summed E-state index contributed by atoms with van der Waals surface area (Å²) in [6, 6.07) is 33.3. The van der Waals surface area contributed by atoms with Crippen LogP contribution in [-0.2, 0) is 0 Å². The lowest BCUT2D eigenvalue weighted by Gasteiger charge is -2.17. The largest absolute Gasteiger partial charge is 0.0679 e. The molecule has 20 heavy (non-hydrogen) atoms. The summed E-state index contributed by atoms with van der Waals surface area (Å²) in [7, 11) is -0.414. The zero-order valence-electron chi connectivity index (χ0n) is 11.4. The molecule has 0 saturated heterocycles. The van der Waals surface area contributed by atoms with E-state index in [9.17, 15) is 0 Å². The average Bonchev–Trinajstić information content (AvgIpc) is 2.55. The van der Waals surface area contributed by atoms with Crippen molar-refractivity contribution in [3.05, 3.63) is 102 Å². The van der Waals surface area contributed by atoms with Gasteiger partial charge in [0.1, 0.15) is 0 Å². The molecule has 0 amide bonds. The van der Waals surface area contributed by atoms with Gasteiger partial charge in [0.15, 0.2) is 0 Å². The Morgan fingerprint density at radius 1 is 0.650 bits per heavy atom. The molecule has 0 atom stereocenters. The standard InChI is InChI=1S/C19H17Si/c1-4-10-16(11-5-1)19(17-12-6-2-7-13-17)20-18-14-8-3-9-15-18/h1-2,4-15,19H,20H2. The van der Waals surface area contributed by atoms with Gasteiger partial charge in [-0.15, -0.1) is 0 Å². The molecule has 0 spiro atoms. The number of hydrogen-bond donors (Lipinski definition) is 0. The summed E-state index contributed by atoms with van der Waals surface area (Å²) in [5, 5.41) is 1.49. The van der Waals surface area contributed by atoms with Gasteiger partial charge >= 0.3 is 0 Å². The van der Waals surface area contributed by atoms with Gasteiger partial charge in [0.05, 0.1) is 9.52 Å². The fraction of sp³-hybridized carbons (Fsp3) is 0.0526. The Labute approximate surface area is 122 Å². The van der Waals surface area contributed by atoms with Crippen molar-refractivity contribution in [1.82, 2.24) is 0 Å². The predicted molar refractivity (Wildman–Crippen MR) is 88.2 cm³/mol. The van der Waals surface area contributed by atoms with Gasteiger partial charge in [0, 0.05) is 5.54 Å². The minimum atomic E-state index is -0.414. The van der Waals surface area contributed by atoms with Gasteiger partial charge < -0.3 is 0 Å². The van der Waals surface area contributed by atoms with Crippen LogP contribution in [0.1, 0.15) is 16.7 Å². The number of rotatable bonds is 4. The van der Waals surface area contributed by atoms with E-state index in [1.807, 2.05) is 12.1 Å². The van der Waals surface area contributed by atoms with Gasteiger partial charge in [-0.1, -0.05) is 90.1 Å². The minimum absolute atomic E-state index is 0.414. The van der Waals surface area contributed by atoms with Crippen LogP contribution >= 0.6 is 0 Å². The molecule has 3 aromatic rings. The highest BCUT2D eigenvalue weighted by molar-refractivity contribution is 6.55. The van der Waals surface area contributed by atoms with Crippen LogP contribution in [0.5, 0.6) is 0 Å². The second kappa shape index (κ2) is 6.35. The topological polar surface area (TPSA) is 0 Å². The molecule has 3 aromatic carbocycles. The van der Waals surface area contributed by atoms with Crippen molar-refractivity contribution in [3.63, 3.8) is 0 Å². The van der Waals surface area contributed by atoms with Gasteiger partial charge in [-0.05, 0) is 17.2 Å². The summed E-state index contributed by atoms with van der Waals surface area (Å²) in [4.78, 5) is 0. The van der Waals surface area contributed by atoms with Gasteiger partial charge in [0.2, 0.25) is 0 Å². The first kappa shape index (κ1) is 12.9. The Kier molecular flexibility index (Phi) is 4.09. The molecule has 3 rings (SSSR count). The quantitative estimate of drug-likeness (QED) is 0.641. The van der Waals surface area contributed by atoms with E-state index in [1.54, 1.807) is 0 Å². The Morgan fingerprint density at radius 3 is 1.65 bits per heavy atom. The van der Waals surface area contributed by atoms with Crippen molar-refractivity contribution >= 4 is 14.7 Å². The summed E-state index contributed by atoms with van der Waals surface area (Å²) in [6.45, 7) is 0. The van der Waals surface area contributed by atoms with Gasteiger partial charge in [-0.25, -0.2) is 0 Å². The monoisotopic (exact) mass is 273 g/mol. The number of benzene rings is 3. The van der Waals surface area contributed by atoms with Crippen molar-refractivity contribution < 1.29 is 0 Å². The molecule has 0 nitrogen and oxygen atoms in total. The van der Waals surface area contributed by atoms with Gasteiger partial charge in [-0.3, -0.25) is 0 Å². The van der Waals surface area contributed by atoms with E-state index in [0.29, 0.717) is 5.54 Å². The van der Waals surface area contributed by atoms with Crippen LogP contribution in [0.25, 0.3) is 0 Å². The third-order valence-electron chi connectivity index (χ3n) is 3.63. The summed E-state index contributed by atoms with van der Waals surface area (Å²) in [5.74, 6) is 0. The molecular formula is C19H17Si. The zero-order chi connectivity index (χ0) is 13.6. The lowest BCUT2D eigenvalue weighted by Crippen LogP contribution is -2.22. The smallest absolute Gasteiger partial charge is 0.0659 e. The normalized spacial score (nSPS) is 11.2. The van der Waals surface area contributed by atoms with Crippen LogP contribution < -0.4 is 5.19 Å². The molecule has 0 aliphatic heterocycles. The van der Waals surface area contributed by atoms with Crippen molar-refractivity contribution in [2.75, 3.05) is 0 Å². The molecule has 0 unspecified atom stereocenters. The Morgan fingerprint density at radius 2 is 1.15 bits per heavy atom. The molecule has 1 radical (unpaired) electrons. The van der Waals surface area contributed by atoms with E-state index in [-0.39, 0.29) is 0 Å². The van der Waals surface area contributed by atoms with E-state index in [0.717, 1.165) is 0 Å². The molecule has 0 aliphatic carbocycles. The summed E-state index contributed by atoms with van der Waals surface area (Å²) >= 11 is 0. The van der Waals surface area contributed by atoms with E-state index in [2.05, 4.69) is 78.9 Å². The van der Waals surface area contributed by atoms with Crippen molar-refractivity contribution in [1.29, 1.82) is 0 Å². The maximum Gasteiger partial charge on any atom is 0.0679 e. The summed E-state index contributed by atoms with van der Waals surface area (Å²) in [6.07, 6.45) is 0. The van der Waals surface area contributed by atoms with E-state index in [4.69, 9.17) is 0 Å². The summed E-state index contributed by atoms with van der Waals surface area (Å²) in [5.41, 5.74) is 3.40. The maximum absolute atomic E-state index is 3.11. The highest BCUT2D eigenvalue weighted by Crippen LogP contribution is 2.23. The maximum atomic E-state index is 3.11. The van der Waals surface area contributed by atoms with Crippen molar-refractivity contribution in [2.24, 2.45) is 0 Å². The average molecular weight is 273 g/mol. The van der Waals surface area contributed by atoms with Crippen molar-refractivity contribution in [2.45, 2.75) is 5.54 Å². The van der Waals surface area contributed by atoms with Crippen LogP contribution in [0.4, 0.5) is 0 Å². The van der Waals surface area contributed by atoms with Gasteiger partial charge in [0.25, 0.3) is 0 Å². The molecule has 0 saturated carbocycles. The SMILES string of the molecule is [c]1ccc([SiH2]C(c2ccccc2)c2ccccc2)cc1. The molecule has 97 valence electrons. The molecular weight excluding hydrogens is 256 g/mol. The molecule has 0 aromatic heterocycles. The van der Waals surface area contributed by atoms with Crippen LogP contribution in [-0.4, -0.2) is 9.52 Å². The zero-order valence-corrected chi connectivity index (χ0v) is 12.8. The Balaban J connectivity index is 1.96. The third kappa shape index (κ3) is 3.06. The van der Waals surface area contributed by atoms with Crippen LogP contribution in [0.15, 0.2) is 84.9 Å².